The lowest BCUT2D eigenvalue weighted by molar-refractivity contribution is -0.315. The summed E-state index contributed by atoms with van der Waals surface area (Å²) in [5.74, 6) is 0. The van der Waals surface area contributed by atoms with E-state index in [9.17, 15) is 5.11 Å². The smallest absolute Gasteiger partial charge is 0.186 e. The molecule has 3 aromatic carbocycles. The Morgan fingerprint density at radius 1 is 0.676 bits per heavy atom. The maximum Gasteiger partial charge on any atom is 0.186 e. The molecule has 1 saturated heterocycles. The van der Waals surface area contributed by atoms with Crippen molar-refractivity contribution >= 4 is 0 Å². The van der Waals surface area contributed by atoms with Gasteiger partial charge in [0.15, 0.2) is 6.29 Å². The first-order valence-corrected chi connectivity index (χ1v) is 11.5. The lowest BCUT2D eigenvalue weighted by atomic mass is 9.98. The van der Waals surface area contributed by atoms with Gasteiger partial charge in [-0.15, -0.1) is 0 Å². The van der Waals surface area contributed by atoms with E-state index in [0.29, 0.717) is 19.8 Å². The normalized spacial score (nSPS) is 24.7. The third-order valence-corrected chi connectivity index (χ3v) is 5.82. The molecular formula is C28H32O6. The Kier molecular flexibility index (Phi) is 9.21. The van der Waals surface area contributed by atoms with Crippen molar-refractivity contribution in [2.45, 2.75) is 50.5 Å². The van der Waals surface area contributed by atoms with Crippen LogP contribution < -0.4 is 0 Å². The summed E-state index contributed by atoms with van der Waals surface area (Å²) >= 11 is 0. The van der Waals surface area contributed by atoms with E-state index in [1.54, 1.807) is 7.11 Å². The maximum absolute atomic E-state index is 11.2. The molecule has 0 saturated carbocycles. The minimum atomic E-state index is -0.952. The van der Waals surface area contributed by atoms with Crippen LogP contribution in [0.1, 0.15) is 16.7 Å². The molecule has 0 radical (unpaired) electrons. The van der Waals surface area contributed by atoms with E-state index in [-0.39, 0.29) is 6.61 Å². The van der Waals surface area contributed by atoms with E-state index in [4.69, 9.17) is 23.7 Å². The average Bonchev–Trinajstić information content (AvgIpc) is 2.89. The molecule has 0 aromatic heterocycles. The maximum atomic E-state index is 11.2. The second-order valence-corrected chi connectivity index (χ2v) is 8.29. The van der Waals surface area contributed by atoms with Crippen LogP contribution in [0.5, 0.6) is 0 Å². The van der Waals surface area contributed by atoms with Crippen molar-refractivity contribution in [2.24, 2.45) is 0 Å². The molecule has 1 N–H and O–H groups in total. The highest BCUT2D eigenvalue weighted by molar-refractivity contribution is 5.15. The Labute approximate surface area is 201 Å². The molecule has 2 unspecified atom stereocenters. The summed E-state index contributed by atoms with van der Waals surface area (Å²) in [4.78, 5) is 0. The van der Waals surface area contributed by atoms with Crippen molar-refractivity contribution in [1.29, 1.82) is 0 Å². The first-order valence-electron chi connectivity index (χ1n) is 11.5. The van der Waals surface area contributed by atoms with Crippen LogP contribution in [0, 0.1) is 0 Å². The van der Waals surface area contributed by atoms with E-state index < -0.39 is 30.7 Å². The summed E-state index contributed by atoms with van der Waals surface area (Å²) in [7, 11) is 1.57. The fraction of sp³-hybridized carbons (Fsp3) is 0.357. The zero-order valence-electron chi connectivity index (χ0n) is 19.4. The van der Waals surface area contributed by atoms with E-state index in [0.717, 1.165) is 16.7 Å². The number of benzene rings is 3. The summed E-state index contributed by atoms with van der Waals surface area (Å²) in [6.45, 7) is 1.31. The molecule has 3 aromatic rings. The highest BCUT2D eigenvalue weighted by Gasteiger charge is 2.47. The predicted octanol–water partition coefficient (Wildman–Crippen LogP) is 4.11. The molecule has 6 nitrogen and oxygen atoms in total. The number of rotatable bonds is 11. The number of hydrogen-bond donors (Lipinski definition) is 1. The van der Waals surface area contributed by atoms with Gasteiger partial charge in [-0.25, -0.2) is 0 Å². The standard InChI is InChI=1S/C28H32O6/c1-30-28-27(33-19-23-15-9-4-10-16-23)26(32-18-22-13-7-3-8-14-22)25(29)24(34-28)20-31-17-21-11-5-2-6-12-21/h2-16,24-29H,17-20H2,1H3/t24?,25-,26+,27?,28+/m1/s1. The highest BCUT2D eigenvalue weighted by atomic mass is 16.7. The summed E-state index contributed by atoms with van der Waals surface area (Å²) in [5.41, 5.74) is 3.08. The van der Waals surface area contributed by atoms with Crippen LogP contribution in [-0.4, -0.2) is 49.5 Å². The molecule has 34 heavy (non-hydrogen) atoms. The predicted molar refractivity (Wildman–Crippen MR) is 128 cm³/mol. The van der Waals surface area contributed by atoms with Gasteiger partial charge in [0.25, 0.3) is 0 Å². The van der Waals surface area contributed by atoms with Crippen molar-refractivity contribution in [3.8, 4) is 0 Å². The second-order valence-electron chi connectivity index (χ2n) is 8.29. The van der Waals surface area contributed by atoms with Crippen molar-refractivity contribution in [2.75, 3.05) is 13.7 Å². The van der Waals surface area contributed by atoms with Crippen LogP contribution in [0.25, 0.3) is 0 Å². The van der Waals surface area contributed by atoms with Gasteiger partial charge in [-0.1, -0.05) is 91.0 Å². The third-order valence-electron chi connectivity index (χ3n) is 5.82. The topological polar surface area (TPSA) is 66.4 Å². The highest BCUT2D eigenvalue weighted by Crippen LogP contribution is 2.28. The molecule has 0 spiro atoms. The van der Waals surface area contributed by atoms with E-state index in [1.807, 2.05) is 91.0 Å². The molecule has 1 heterocycles. The SMILES string of the molecule is CO[C@H]1OC(COCc2ccccc2)[C@@H](O)[C@H](OCc2ccccc2)C1OCc1ccccc1. The van der Waals surface area contributed by atoms with Crippen LogP contribution in [0.2, 0.25) is 0 Å². The zero-order chi connectivity index (χ0) is 23.6. The van der Waals surface area contributed by atoms with Crippen LogP contribution in [-0.2, 0) is 43.5 Å². The average molecular weight is 465 g/mol. The van der Waals surface area contributed by atoms with E-state index >= 15 is 0 Å². The Balaban J connectivity index is 1.44. The van der Waals surface area contributed by atoms with E-state index in [2.05, 4.69) is 0 Å². The molecule has 1 fully saturated rings. The number of methoxy groups -OCH3 is 1. The monoisotopic (exact) mass is 464 g/mol. The van der Waals surface area contributed by atoms with Gasteiger partial charge in [-0.3, -0.25) is 0 Å². The number of ether oxygens (including phenoxy) is 5. The van der Waals surface area contributed by atoms with E-state index in [1.165, 1.54) is 0 Å². The van der Waals surface area contributed by atoms with Crippen molar-refractivity contribution in [3.05, 3.63) is 108 Å². The molecule has 0 amide bonds. The molecule has 6 heteroatoms. The molecule has 5 atom stereocenters. The Bertz CT molecular complexity index is 952. The molecule has 1 aliphatic heterocycles. The lowest BCUT2D eigenvalue weighted by Crippen LogP contribution is -2.60. The van der Waals surface area contributed by atoms with Gasteiger partial charge in [0.05, 0.1) is 26.4 Å². The third kappa shape index (κ3) is 6.73. The Hall–Kier alpha value is -2.58. The summed E-state index contributed by atoms with van der Waals surface area (Å²) in [5, 5.41) is 11.2. The minimum Gasteiger partial charge on any atom is -0.387 e. The fourth-order valence-electron chi connectivity index (χ4n) is 3.99. The van der Waals surface area contributed by atoms with Crippen LogP contribution in [0.15, 0.2) is 91.0 Å². The summed E-state index contributed by atoms with van der Waals surface area (Å²) in [6.07, 6.45) is -3.56. The van der Waals surface area contributed by atoms with Crippen molar-refractivity contribution in [3.63, 3.8) is 0 Å². The van der Waals surface area contributed by atoms with Crippen LogP contribution in [0.4, 0.5) is 0 Å². The molecular weight excluding hydrogens is 432 g/mol. The first kappa shape index (κ1) is 24.5. The second kappa shape index (κ2) is 12.8. The van der Waals surface area contributed by atoms with Crippen LogP contribution in [0.3, 0.4) is 0 Å². The minimum absolute atomic E-state index is 0.201. The van der Waals surface area contributed by atoms with Crippen molar-refractivity contribution in [1.82, 2.24) is 0 Å². The van der Waals surface area contributed by atoms with Gasteiger partial charge in [0.1, 0.15) is 24.4 Å². The number of aliphatic hydroxyl groups is 1. The fourth-order valence-corrected chi connectivity index (χ4v) is 3.99. The van der Waals surface area contributed by atoms with Gasteiger partial charge in [-0.2, -0.15) is 0 Å². The van der Waals surface area contributed by atoms with Gasteiger partial charge in [0.2, 0.25) is 0 Å². The van der Waals surface area contributed by atoms with Crippen molar-refractivity contribution < 1.29 is 28.8 Å². The Morgan fingerprint density at radius 3 is 1.65 bits per heavy atom. The van der Waals surface area contributed by atoms with Crippen LogP contribution >= 0.6 is 0 Å². The molecule has 4 rings (SSSR count). The Morgan fingerprint density at radius 2 is 1.15 bits per heavy atom. The van der Waals surface area contributed by atoms with Gasteiger partial charge in [0, 0.05) is 7.11 Å². The van der Waals surface area contributed by atoms with Gasteiger partial charge >= 0.3 is 0 Å². The summed E-state index contributed by atoms with van der Waals surface area (Å²) < 4.78 is 30.0. The first-order chi connectivity index (χ1) is 16.7. The molecule has 0 bridgehead atoms. The summed E-state index contributed by atoms with van der Waals surface area (Å²) in [6, 6.07) is 29.6. The van der Waals surface area contributed by atoms with Gasteiger partial charge < -0.3 is 28.8 Å². The lowest BCUT2D eigenvalue weighted by Gasteiger charge is -2.43. The largest absolute Gasteiger partial charge is 0.387 e. The molecule has 1 aliphatic rings. The quantitative estimate of drug-likeness (QED) is 0.461. The number of hydrogen-bond acceptors (Lipinski definition) is 6. The molecule has 0 aliphatic carbocycles. The zero-order valence-corrected chi connectivity index (χ0v) is 19.4. The molecule has 180 valence electrons. The van der Waals surface area contributed by atoms with Gasteiger partial charge in [-0.05, 0) is 16.7 Å². The number of aliphatic hydroxyl groups excluding tert-OH is 1.